The number of carbonyl (C=O) groups is 2. The van der Waals surface area contributed by atoms with Crippen LogP contribution in [0.3, 0.4) is 0 Å². The van der Waals surface area contributed by atoms with Crippen LogP contribution in [0.15, 0.2) is 34.9 Å². The van der Waals surface area contributed by atoms with Gasteiger partial charge in [0.1, 0.15) is 17.0 Å². The van der Waals surface area contributed by atoms with E-state index in [1.165, 1.54) is 19.3 Å². The molecular weight excluding hydrogens is 404 g/mol. The van der Waals surface area contributed by atoms with Crippen molar-refractivity contribution in [3.63, 3.8) is 0 Å². The second-order valence-corrected chi connectivity index (χ2v) is 9.72. The van der Waals surface area contributed by atoms with Crippen molar-refractivity contribution in [2.24, 2.45) is 0 Å². The van der Waals surface area contributed by atoms with Gasteiger partial charge in [0.15, 0.2) is 0 Å². The van der Waals surface area contributed by atoms with Crippen molar-refractivity contribution in [3.8, 4) is 11.5 Å². The smallest absolute Gasteiger partial charge is 0.271 e. The summed E-state index contributed by atoms with van der Waals surface area (Å²) in [4.78, 5) is 31.2. The van der Waals surface area contributed by atoms with Crippen molar-refractivity contribution in [1.82, 2.24) is 19.7 Å². The Morgan fingerprint density at radius 1 is 1.12 bits per heavy atom. The minimum atomic E-state index is -0.969. The van der Waals surface area contributed by atoms with Gasteiger partial charge < -0.3 is 24.1 Å². The molecular formula is C25H36N4O3. The highest BCUT2D eigenvalue weighted by Crippen LogP contribution is 2.33. The number of nitrogens with zero attached hydrogens (tertiary/aromatic N) is 3. The molecule has 1 unspecified atom stereocenters. The van der Waals surface area contributed by atoms with Crippen LogP contribution in [0.4, 0.5) is 0 Å². The third kappa shape index (κ3) is 4.49. The molecule has 0 spiro atoms. The molecule has 1 aliphatic heterocycles. The maximum atomic E-state index is 13.8. The molecule has 0 radical (unpaired) electrons. The van der Waals surface area contributed by atoms with E-state index in [1.54, 1.807) is 11.2 Å². The van der Waals surface area contributed by atoms with Crippen LogP contribution in [0.1, 0.15) is 62.4 Å². The SMILES string of the molecule is CN(C)CCN1C(=O)c2ccc(-c3ccco3)n2CC1(C)C(=O)NC1CCCCCCC1. The predicted molar refractivity (Wildman–Crippen MR) is 124 cm³/mol. The van der Waals surface area contributed by atoms with Crippen molar-refractivity contribution in [2.75, 3.05) is 27.2 Å². The number of hydrogen-bond donors (Lipinski definition) is 1. The van der Waals surface area contributed by atoms with Crippen LogP contribution >= 0.6 is 0 Å². The fourth-order valence-corrected chi connectivity index (χ4v) is 5.00. The largest absolute Gasteiger partial charge is 0.463 e. The second-order valence-electron chi connectivity index (χ2n) is 9.72. The molecule has 174 valence electrons. The first-order valence-electron chi connectivity index (χ1n) is 11.9. The number of likely N-dealkylation sites (N-methyl/N-ethyl adjacent to an activating group) is 1. The summed E-state index contributed by atoms with van der Waals surface area (Å²) in [6.45, 7) is 3.52. The lowest BCUT2D eigenvalue weighted by Gasteiger charge is -2.45. The quantitative estimate of drug-likeness (QED) is 0.743. The zero-order chi connectivity index (χ0) is 22.7. The number of rotatable bonds is 6. The summed E-state index contributed by atoms with van der Waals surface area (Å²) in [5.74, 6) is 0.541. The number of amides is 2. The summed E-state index contributed by atoms with van der Waals surface area (Å²) in [6, 6.07) is 7.66. The lowest BCUT2D eigenvalue weighted by molar-refractivity contribution is -0.133. The van der Waals surface area contributed by atoms with Gasteiger partial charge in [0.2, 0.25) is 5.91 Å². The highest BCUT2D eigenvalue weighted by atomic mass is 16.3. The molecule has 32 heavy (non-hydrogen) atoms. The third-order valence-electron chi connectivity index (χ3n) is 6.98. The Bertz CT molecular complexity index is 925. The van der Waals surface area contributed by atoms with Gasteiger partial charge in [-0.3, -0.25) is 9.59 Å². The van der Waals surface area contributed by atoms with Crippen LogP contribution in [0.2, 0.25) is 0 Å². The van der Waals surface area contributed by atoms with Crippen molar-refractivity contribution in [3.05, 3.63) is 36.2 Å². The van der Waals surface area contributed by atoms with Crippen LogP contribution in [-0.2, 0) is 11.3 Å². The number of carbonyl (C=O) groups excluding carboxylic acids is 2. The van der Waals surface area contributed by atoms with E-state index in [-0.39, 0.29) is 17.9 Å². The summed E-state index contributed by atoms with van der Waals surface area (Å²) in [6.07, 6.45) is 9.71. The second kappa shape index (κ2) is 9.53. The molecule has 2 aromatic heterocycles. The van der Waals surface area contributed by atoms with Gasteiger partial charge in [-0.2, -0.15) is 0 Å². The van der Waals surface area contributed by atoms with E-state index in [4.69, 9.17) is 4.42 Å². The molecule has 0 saturated heterocycles. The fourth-order valence-electron chi connectivity index (χ4n) is 5.00. The summed E-state index contributed by atoms with van der Waals surface area (Å²) >= 11 is 0. The molecule has 1 fully saturated rings. The summed E-state index contributed by atoms with van der Waals surface area (Å²) in [7, 11) is 3.97. The molecule has 3 heterocycles. The summed E-state index contributed by atoms with van der Waals surface area (Å²) in [5, 5.41) is 3.33. The van der Waals surface area contributed by atoms with Crippen LogP contribution < -0.4 is 5.32 Å². The molecule has 7 nitrogen and oxygen atoms in total. The van der Waals surface area contributed by atoms with Gasteiger partial charge in [-0.05, 0) is 58.1 Å². The van der Waals surface area contributed by atoms with Crippen LogP contribution in [0.25, 0.3) is 11.5 Å². The molecule has 1 aliphatic carbocycles. The average Bonchev–Trinajstić information content (AvgIpc) is 3.39. The topological polar surface area (TPSA) is 70.7 Å². The number of nitrogens with one attached hydrogen (secondary N) is 1. The van der Waals surface area contributed by atoms with Crippen molar-refractivity contribution >= 4 is 11.8 Å². The Morgan fingerprint density at radius 3 is 2.47 bits per heavy atom. The van der Waals surface area contributed by atoms with Gasteiger partial charge >= 0.3 is 0 Å². The standard InChI is InChI=1S/C25H36N4O3/c1-25(24(31)26-19-10-7-5-4-6-8-11-19)18-28-20(22-12-9-17-32-22)13-14-21(28)23(30)29(25)16-15-27(2)3/h9,12-14,17,19H,4-8,10-11,15-16,18H2,1-3H3,(H,26,31). The maximum Gasteiger partial charge on any atom is 0.271 e. The summed E-state index contributed by atoms with van der Waals surface area (Å²) in [5.41, 5.74) is 0.463. The third-order valence-corrected chi connectivity index (χ3v) is 6.98. The van der Waals surface area contributed by atoms with E-state index in [9.17, 15) is 9.59 Å². The van der Waals surface area contributed by atoms with Crippen molar-refractivity contribution in [1.29, 1.82) is 0 Å². The van der Waals surface area contributed by atoms with Gasteiger partial charge in [-0.25, -0.2) is 0 Å². The minimum absolute atomic E-state index is 0.0556. The van der Waals surface area contributed by atoms with Gasteiger partial charge in [0, 0.05) is 19.1 Å². The normalized spacial score (nSPS) is 22.5. The fraction of sp³-hybridized carbons (Fsp3) is 0.600. The van der Waals surface area contributed by atoms with E-state index < -0.39 is 5.54 Å². The number of aromatic nitrogens is 1. The Labute approximate surface area is 190 Å². The lowest BCUT2D eigenvalue weighted by Crippen LogP contribution is -2.65. The van der Waals surface area contributed by atoms with Gasteiger partial charge in [0.25, 0.3) is 5.91 Å². The van der Waals surface area contributed by atoms with E-state index in [0.29, 0.717) is 31.1 Å². The molecule has 0 aromatic carbocycles. The molecule has 1 N–H and O–H groups in total. The van der Waals surface area contributed by atoms with E-state index in [0.717, 1.165) is 31.4 Å². The van der Waals surface area contributed by atoms with E-state index in [2.05, 4.69) is 5.32 Å². The van der Waals surface area contributed by atoms with E-state index >= 15 is 0 Å². The number of hydrogen-bond acceptors (Lipinski definition) is 4. The van der Waals surface area contributed by atoms with Crippen molar-refractivity contribution in [2.45, 2.75) is 70.0 Å². The Morgan fingerprint density at radius 2 is 1.81 bits per heavy atom. The van der Waals surface area contributed by atoms with Crippen LogP contribution in [0.5, 0.6) is 0 Å². The summed E-state index contributed by atoms with van der Waals surface area (Å²) < 4.78 is 7.56. The highest BCUT2D eigenvalue weighted by molar-refractivity contribution is 6.00. The molecule has 0 bridgehead atoms. The molecule has 2 amide bonds. The molecule has 1 atom stereocenters. The minimum Gasteiger partial charge on any atom is -0.463 e. The average molecular weight is 441 g/mol. The van der Waals surface area contributed by atoms with Gasteiger partial charge in [-0.15, -0.1) is 0 Å². The first-order chi connectivity index (χ1) is 15.4. The molecule has 2 aromatic rings. The monoisotopic (exact) mass is 440 g/mol. The van der Waals surface area contributed by atoms with E-state index in [1.807, 2.05) is 54.8 Å². The van der Waals surface area contributed by atoms with Crippen LogP contribution in [0, 0.1) is 0 Å². The predicted octanol–water partition coefficient (Wildman–Crippen LogP) is 3.75. The molecule has 7 heteroatoms. The first kappa shape index (κ1) is 22.6. The lowest BCUT2D eigenvalue weighted by atomic mass is 9.92. The van der Waals surface area contributed by atoms with Gasteiger partial charge in [-0.1, -0.05) is 32.1 Å². The van der Waals surface area contributed by atoms with Gasteiger partial charge in [0.05, 0.1) is 18.5 Å². The van der Waals surface area contributed by atoms with Crippen LogP contribution in [-0.4, -0.2) is 64.9 Å². The Kier molecular flexibility index (Phi) is 6.74. The molecule has 4 rings (SSSR count). The number of furan rings is 1. The van der Waals surface area contributed by atoms with Crippen molar-refractivity contribution < 1.29 is 14.0 Å². The highest BCUT2D eigenvalue weighted by Gasteiger charge is 2.48. The Balaban J connectivity index is 1.64. The molecule has 1 saturated carbocycles. The number of fused-ring (bicyclic) bond motifs is 1. The maximum absolute atomic E-state index is 13.8. The Hall–Kier alpha value is -2.54. The molecule has 2 aliphatic rings. The zero-order valence-corrected chi connectivity index (χ0v) is 19.6. The zero-order valence-electron chi connectivity index (χ0n) is 19.6. The first-order valence-corrected chi connectivity index (χ1v) is 11.9.